The zero-order valence-electron chi connectivity index (χ0n) is 12.0. The molecule has 0 radical (unpaired) electrons. The molecule has 3 heteroatoms. The molecule has 0 saturated carbocycles. The number of carbonyl (C=O) groups is 1. The van der Waals surface area contributed by atoms with Gasteiger partial charge in [0.15, 0.2) is 0 Å². The number of carboxylic acid groups (broad SMARTS) is 1. The van der Waals surface area contributed by atoms with Gasteiger partial charge in [-0.2, -0.15) is 0 Å². The van der Waals surface area contributed by atoms with E-state index in [0.717, 1.165) is 16.7 Å². The van der Waals surface area contributed by atoms with Gasteiger partial charge in [0.05, 0.1) is 0 Å². The molecule has 0 aliphatic heterocycles. The molecule has 0 fully saturated rings. The molecule has 0 bridgehead atoms. The third-order valence-electron chi connectivity index (χ3n) is 3.47. The fourth-order valence-electron chi connectivity index (χ4n) is 2.22. The zero-order chi connectivity index (χ0) is 15.2. The minimum Gasteiger partial charge on any atom is -0.480 e. The second-order valence-electron chi connectivity index (χ2n) is 4.94. The van der Waals surface area contributed by atoms with Crippen LogP contribution in [-0.2, 0) is 4.79 Å². The van der Waals surface area contributed by atoms with Gasteiger partial charge in [-0.3, -0.25) is 10.1 Å². The maximum atomic E-state index is 11.5. The standard InChI is InChI=1S/C18H19NO2/c1-3-14-9-11-16(12-10-14)17(18(20)21)19-13(2)15-7-5-4-6-8-15/h3-13,17,19H,1H2,2H3,(H,20,21)/t13-,17+/m0/s1. The molecule has 0 heterocycles. The molecule has 2 atom stereocenters. The molecule has 0 unspecified atom stereocenters. The molecule has 2 aromatic carbocycles. The molecule has 0 aromatic heterocycles. The lowest BCUT2D eigenvalue weighted by Crippen LogP contribution is -2.30. The Morgan fingerprint density at radius 1 is 1.10 bits per heavy atom. The van der Waals surface area contributed by atoms with Gasteiger partial charge in [0.25, 0.3) is 0 Å². The summed E-state index contributed by atoms with van der Waals surface area (Å²) in [4.78, 5) is 11.5. The number of benzene rings is 2. The normalized spacial score (nSPS) is 13.4. The molecule has 2 rings (SSSR count). The van der Waals surface area contributed by atoms with Crippen LogP contribution in [0.25, 0.3) is 6.08 Å². The molecule has 0 amide bonds. The molecular formula is C18H19NO2. The highest BCUT2D eigenvalue weighted by Gasteiger charge is 2.22. The fraction of sp³-hybridized carbons (Fsp3) is 0.167. The van der Waals surface area contributed by atoms with Crippen LogP contribution < -0.4 is 5.32 Å². The van der Waals surface area contributed by atoms with Crippen molar-refractivity contribution in [1.29, 1.82) is 0 Å². The predicted molar refractivity (Wildman–Crippen MR) is 84.9 cm³/mol. The lowest BCUT2D eigenvalue weighted by atomic mass is 10.0. The first-order valence-electron chi connectivity index (χ1n) is 6.88. The van der Waals surface area contributed by atoms with Crippen molar-refractivity contribution in [3.8, 4) is 0 Å². The van der Waals surface area contributed by atoms with Crippen molar-refractivity contribution < 1.29 is 9.90 Å². The Morgan fingerprint density at radius 2 is 1.71 bits per heavy atom. The van der Waals surface area contributed by atoms with Crippen molar-refractivity contribution in [3.05, 3.63) is 77.9 Å². The van der Waals surface area contributed by atoms with Crippen LogP contribution in [0.5, 0.6) is 0 Å². The Morgan fingerprint density at radius 3 is 2.24 bits per heavy atom. The van der Waals surface area contributed by atoms with Crippen molar-refractivity contribution in [2.75, 3.05) is 0 Å². The van der Waals surface area contributed by atoms with E-state index in [1.807, 2.05) is 61.5 Å². The van der Waals surface area contributed by atoms with E-state index in [-0.39, 0.29) is 6.04 Å². The highest BCUT2D eigenvalue weighted by atomic mass is 16.4. The van der Waals surface area contributed by atoms with Crippen molar-refractivity contribution in [1.82, 2.24) is 5.32 Å². The number of hydrogen-bond donors (Lipinski definition) is 2. The summed E-state index contributed by atoms with van der Waals surface area (Å²) in [5.41, 5.74) is 2.77. The third kappa shape index (κ3) is 3.80. The second kappa shape index (κ2) is 6.86. The first-order valence-corrected chi connectivity index (χ1v) is 6.88. The van der Waals surface area contributed by atoms with E-state index in [0.29, 0.717) is 0 Å². The Kier molecular flexibility index (Phi) is 4.90. The van der Waals surface area contributed by atoms with Gasteiger partial charge in [0.2, 0.25) is 0 Å². The number of carboxylic acids is 1. The average Bonchev–Trinajstić information content (AvgIpc) is 2.53. The van der Waals surface area contributed by atoms with Gasteiger partial charge in [-0.05, 0) is 23.6 Å². The van der Waals surface area contributed by atoms with Gasteiger partial charge >= 0.3 is 5.97 Å². The summed E-state index contributed by atoms with van der Waals surface area (Å²) < 4.78 is 0. The van der Waals surface area contributed by atoms with E-state index < -0.39 is 12.0 Å². The van der Waals surface area contributed by atoms with Gasteiger partial charge in [-0.1, -0.05) is 67.3 Å². The van der Waals surface area contributed by atoms with Crippen molar-refractivity contribution >= 4 is 12.0 Å². The van der Waals surface area contributed by atoms with Crippen LogP contribution in [0.2, 0.25) is 0 Å². The molecule has 21 heavy (non-hydrogen) atoms. The van der Waals surface area contributed by atoms with E-state index in [4.69, 9.17) is 0 Å². The third-order valence-corrected chi connectivity index (χ3v) is 3.47. The summed E-state index contributed by atoms with van der Waals surface area (Å²) in [5.74, 6) is -0.885. The first kappa shape index (κ1) is 15.0. The lowest BCUT2D eigenvalue weighted by Gasteiger charge is -2.21. The number of rotatable bonds is 6. The van der Waals surface area contributed by atoms with Gasteiger partial charge in [-0.25, -0.2) is 0 Å². The van der Waals surface area contributed by atoms with E-state index in [1.54, 1.807) is 6.08 Å². The largest absolute Gasteiger partial charge is 0.480 e. The molecule has 2 aromatic rings. The van der Waals surface area contributed by atoms with Gasteiger partial charge in [0.1, 0.15) is 6.04 Å². The fourth-order valence-corrected chi connectivity index (χ4v) is 2.22. The van der Waals surface area contributed by atoms with Crippen LogP contribution in [0.1, 0.15) is 35.7 Å². The number of nitrogens with one attached hydrogen (secondary N) is 1. The molecule has 0 aliphatic rings. The molecule has 0 spiro atoms. The molecule has 108 valence electrons. The van der Waals surface area contributed by atoms with Crippen molar-refractivity contribution in [2.24, 2.45) is 0 Å². The van der Waals surface area contributed by atoms with Crippen molar-refractivity contribution in [2.45, 2.75) is 19.0 Å². The average molecular weight is 281 g/mol. The quantitative estimate of drug-likeness (QED) is 0.846. The van der Waals surface area contributed by atoms with E-state index in [1.165, 1.54) is 0 Å². The SMILES string of the molecule is C=Cc1ccc([C@@H](N[C@@H](C)c2ccccc2)C(=O)O)cc1. The topological polar surface area (TPSA) is 49.3 Å². The Balaban J connectivity index is 2.19. The van der Waals surface area contributed by atoms with E-state index >= 15 is 0 Å². The second-order valence-corrected chi connectivity index (χ2v) is 4.94. The summed E-state index contributed by atoms with van der Waals surface area (Å²) in [6, 6.07) is 16.4. The molecule has 3 nitrogen and oxygen atoms in total. The van der Waals surface area contributed by atoms with Crippen LogP contribution in [0.15, 0.2) is 61.2 Å². The lowest BCUT2D eigenvalue weighted by molar-refractivity contribution is -0.139. The maximum Gasteiger partial charge on any atom is 0.325 e. The summed E-state index contributed by atoms with van der Waals surface area (Å²) in [7, 11) is 0. The van der Waals surface area contributed by atoms with Gasteiger partial charge in [0, 0.05) is 6.04 Å². The smallest absolute Gasteiger partial charge is 0.325 e. The van der Waals surface area contributed by atoms with Crippen molar-refractivity contribution in [3.63, 3.8) is 0 Å². The molecule has 2 N–H and O–H groups in total. The summed E-state index contributed by atoms with van der Waals surface area (Å²) in [6.07, 6.45) is 1.74. The number of hydrogen-bond acceptors (Lipinski definition) is 2. The van der Waals surface area contributed by atoms with Crippen LogP contribution in [-0.4, -0.2) is 11.1 Å². The Labute approximate surface area is 124 Å². The highest BCUT2D eigenvalue weighted by Crippen LogP contribution is 2.20. The Hall–Kier alpha value is -2.39. The van der Waals surface area contributed by atoms with Gasteiger partial charge in [-0.15, -0.1) is 0 Å². The minimum absolute atomic E-state index is 0.0496. The Bertz CT molecular complexity index is 605. The molecular weight excluding hydrogens is 262 g/mol. The number of aliphatic carboxylic acids is 1. The maximum absolute atomic E-state index is 11.5. The predicted octanol–water partition coefficient (Wildman–Crippen LogP) is 3.81. The van der Waals surface area contributed by atoms with Gasteiger partial charge < -0.3 is 5.11 Å². The van der Waals surface area contributed by atoms with Crippen LogP contribution >= 0.6 is 0 Å². The van der Waals surface area contributed by atoms with E-state index in [2.05, 4.69) is 11.9 Å². The van der Waals surface area contributed by atoms with Crippen LogP contribution in [0.4, 0.5) is 0 Å². The van der Waals surface area contributed by atoms with Crippen LogP contribution in [0, 0.1) is 0 Å². The first-order chi connectivity index (χ1) is 10.1. The monoisotopic (exact) mass is 281 g/mol. The molecule has 0 aliphatic carbocycles. The van der Waals surface area contributed by atoms with Crippen LogP contribution in [0.3, 0.4) is 0 Å². The highest BCUT2D eigenvalue weighted by molar-refractivity contribution is 5.75. The molecule has 0 saturated heterocycles. The summed E-state index contributed by atoms with van der Waals surface area (Å²) in [5, 5.41) is 12.6. The van der Waals surface area contributed by atoms with E-state index in [9.17, 15) is 9.90 Å². The summed E-state index contributed by atoms with van der Waals surface area (Å²) in [6.45, 7) is 5.66. The minimum atomic E-state index is -0.885. The summed E-state index contributed by atoms with van der Waals surface area (Å²) >= 11 is 0. The zero-order valence-corrected chi connectivity index (χ0v) is 12.0.